The summed E-state index contributed by atoms with van der Waals surface area (Å²) < 4.78 is 5.59. The second-order valence-electron chi connectivity index (χ2n) is 2.96. The molecule has 0 aromatic carbocycles. The number of aromatic nitrogens is 1. The summed E-state index contributed by atoms with van der Waals surface area (Å²) in [7, 11) is 0. The summed E-state index contributed by atoms with van der Waals surface area (Å²) in [6, 6.07) is 0. The van der Waals surface area contributed by atoms with Crippen LogP contribution in [0.1, 0.15) is 19.8 Å². The number of rotatable bonds is 3. The highest BCUT2D eigenvalue weighted by Gasteiger charge is 2.29. The van der Waals surface area contributed by atoms with Gasteiger partial charge in [-0.15, -0.1) is 0 Å². The molecule has 0 saturated heterocycles. The molecule has 1 aliphatic rings. The Morgan fingerprint density at radius 2 is 2.55 bits per heavy atom. The van der Waals surface area contributed by atoms with Gasteiger partial charge in [0.25, 0.3) is 5.19 Å². The first-order valence-corrected chi connectivity index (χ1v) is 4.80. The van der Waals surface area contributed by atoms with Crippen LogP contribution in [0.5, 0.6) is 5.19 Å². The van der Waals surface area contributed by atoms with Gasteiger partial charge in [0.1, 0.15) is 6.10 Å². The van der Waals surface area contributed by atoms with E-state index >= 15 is 0 Å². The molecule has 1 atom stereocenters. The zero-order chi connectivity index (χ0) is 7.68. The molecule has 0 amide bonds. The molecular formula is C8H11NOS. The number of hydrogen-bond donors (Lipinski definition) is 0. The van der Waals surface area contributed by atoms with Crippen LogP contribution in [-0.4, -0.2) is 11.1 Å². The predicted molar refractivity (Wildman–Crippen MR) is 44.9 cm³/mol. The van der Waals surface area contributed by atoms with Crippen molar-refractivity contribution in [1.29, 1.82) is 0 Å². The first kappa shape index (κ1) is 7.10. The van der Waals surface area contributed by atoms with Gasteiger partial charge in [0.2, 0.25) is 0 Å². The molecule has 0 spiro atoms. The fourth-order valence-corrected chi connectivity index (χ4v) is 1.66. The topological polar surface area (TPSA) is 22.1 Å². The quantitative estimate of drug-likeness (QED) is 0.692. The Kier molecular flexibility index (Phi) is 1.82. The van der Waals surface area contributed by atoms with Crippen molar-refractivity contribution in [3.8, 4) is 5.19 Å². The maximum atomic E-state index is 5.59. The smallest absolute Gasteiger partial charge is 0.273 e. The summed E-state index contributed by atoms with van der Waals surface area (Å²) in [5.74, 6) is 0.791. The van der Waals surface area contributed by atoms with Gasteiger partial charge in [-0.2, -0.15) is 0 Å². The van der Waals surface area contributed by atoms with Gasteiger partial charge in [0.05, 0.1) is 0 Å². The minimum Gasteiger partial charge on any atom is -0.467 e. The Hall–Kier alpha value is -0.570. The normalized spacial score (nSPS) is 19.7. The van der Waals surface area contributed by atoms with Crippen LogP contribution in [0.2, 0.25) is 0 Å². The predicted octanol–water partition coefficient (Wildman–Crippen LogP) is 2.32. The van der Waals surface area contributed by atoms with Crippen LogP contribution in [0.4, 0.5) is 0 Å². The lowest BCUT2D eigenvalue weighted by Gasteiger charge is -2.09. The van der Waals surface area contributed by atoms with Crippen molar-refractivity contribution in [1.82, 2.24) is 4.98 Å². The second-order valence-corrected chi connectivity index (χ2v) is 3.82. The Bertz CT molecular complexity index is 218. The van der Waals surface area contributed by atoms with Crippen molar-refractivity contribution < 1.29 is 4.74 Å². The van der Waals surface area contributed by atoms with Crippen molar-refractivity contribution in [3.63, 3.8) is 0 Å². The third-order valence-electron chi connectivity index (χ3n) is 1.98. The van der Waals surface area contributed by atoms with Gasteiger partial charge >= 0.3 is 0 Å². The van der Waals surface area contributed by atoms with Crippen LogP contribution in [0.25, 0.3) is 0 Å². The number of nitrogens with zero attached hydrogens (tertiary/aromatic N) is 1. The van der Waals surface area contributed by atoms with Crippen LogP contribution in [0.3, 0.4) is 0 Å². The molecule has 0 aliphatic heterocycles. The van der Waals surface area contributed by atoms with E-state index in [-0.39, 0.29) is 0 Å². The van der Waals surface area contributed by atoms with Gasteiger partial charge in [0.15, 0.2) is 0 Å². The van der Waals surface area contributed by atoms with Gasteiger partial charge in [0, 0.05) is 11.6 Å². The van der Waals surface area contributed by atoms with Gasteiger partial charge < -0.3 is 4.74 Å². The summed E-state index contributed by atoms with van der Waals surface area (Å²) in [6.07, 6.45) is 4.79. The van der Waals surface area contributed by atoms with Gasteiger partial charge in [-0.1, -0.05) is 11.3 Å². The number of ether oxygens (including phenoxy) is 1. The van der Waals surface area contributed by atoms with E-state index in [4.69, 9.17) is 4.74 Å². The van der Waals surface area contributed by atoms with Gasteiger partial charge in [-0.05, 0) is 25.7 Å². The van der Waals surface area contributed by atoms with Gasteiger partial charge in [-0.3, -0.25) is 0 Å². The fourth-order valence-electron chi connectivity index (χ4n) is 1.09. The number of thiazole rings is 1. The van der Waals surface area contributed by atoms with Crippen LogP contribution in [0, 0.1) is 5.92 Å². The van der Waals surface area contributed by atoms with Gasteiger partial charge in [-0.25, -0.2) is 4.98 Å². The standard InChI is InChI=1S/C8H11NOS/c1-6(7-2-3-7)10-8-9-4-5-11-8/h4-7H,2-3H2,1H3. The highest BCUT2D eigenvalue weighted by molar-refractivity contribution is 7.11. The lowest BCUT2D eigenvalue weighted by molar-refractivity contribution is 0.197. The van der Waals surface area contributed by atoms with E-state index in [1.165, 1.54) is 12.8 Å². The van der Waals surface area contributed by atoms with Crippen LogP contribution >= 0.6 is 11.3 Å². The van der Waals surface area contributed by atoms with Crippen LogP contribution < -0.4 is 4.74 Å². The lowest BCUT2D eigenvalue weighted by Crippen LogP contribution is -2.13. The molecule has 1 aromatic rings. The van der Waals surface area contributed by atoms with Crippen LogP contribution in [0.15, 0.2) is 11.6 Å². The molecule has 0 N–H and O–H groups in total. The molecule has 1 unspecified atom stereocenters. The molecule has 1 fully saturated rings. The SMILES string of the molecule is CC(Oc1nccs1)C1CC1. The van der Waals surface area contributed by atoms with E-state index in [0.717, 1.165) is 11.1 Å². The van der Waals surface area contributed by atoms with Crippen molar-refractivity contribution in [2.75, 3.05) is 0 Å². The summed E-state index contributed by atoms with van der Waals surface area (Å²) in [4.78, 5) is 4.06. The average molecular weight is 169 g/mol. The molecule has 60 valence electrons. The summed E-state index contributed by atoms with van der Waals surface area (Å²) >= 11 is 1.56. The fraction of sp³-hybridized carbons (Fsp3) is 0.625. The minimum atomic E-state index is 0.362. The summed E-state index contributed by atoms with van der Waals surface area (Å²) in [5.41, 5.74) is 0. The summed E-state index contributed by atoms with van der Waals surface area (Å²) in [6.45, 7) is 2.12. The monoisotopic (exact) mass is 169 g/mol. The Labute approximate surface area is 70.2 Å². The first-order chi connectivity index (χ1) is 5.36. The Morgan fingerprint density at radius 3 is 3.09 bits per heavy atom. The molecule has 2 nitrogen and oxygen atoms in total. The maximum Gasteiger partial charge on any atom is 0.273 e. The van der Waals surface area contributed by atoms with E-state index < -0.39 is 0 Å². The van der Waals surface area contributed by atoms with E-state index in [2.05, 4.69) is 11.9 Å². The molecule has 1 heterocycles. The molecule has 1 aliphatic carbocycles. The van der Waals surface area contributed by atoms with E-state index in [9.17, 15) is 0 Å². The average Bonchev–Trinajstić information content (AvgIpc) is 2.73. The zero-order valence-electron chi connectivity index (χ0n) is 6.49. The Morgan fingerprint density at radius 1 is 1.73 bits per heavy atom. The molecule has 3 heteroatoms. The maximum absolute atomic E-state index is 5.59. The molecular weight excluding hydrogens is 158 g/mol. The first-order valence-electron chi connectivity index (χ1n) is 3.92. The van der Waals surface area contributed by atoms with E-state index in [1.807, 2.05) is 5.38 Å². The highest BCUT2D eigenvalue weighted by Crippen LogP contribution is 2.34. The lowest BCUT2D eigenvalue weighted by atomic mass is 10.3. The molecule has 0 bridgehead atoms. The molecule has 0 radical (unpaired) electrons. The van der Waals surface area contributed by atoms with Crippen molar-refractivity contribution >= 4 is 11.3 Å². The third-order valence-corrected chi connectivity index (χ3v) is 2.64. The number of hydrogen-bond acceptors (Lipinski definition) is 3. The summed E-state index contributed by atoms with van der Waals surface area (Å²) in [5, 5.41) is 2.75. The van der Waals surface area contributed by atoms with Crippen molar-refractivity contribution in [2.45, 2.75) is 25.9 Å². The molecule has 1 saturated carbocycles. The highest BCUT2D eigenvalue weighted by atomic mass is 32.1. The molecule has 2 rings (SSSR count). The molecule has 11 heavy (non-hydrogen) atoms. The van der Waals surface area contributed by atoms with Crippen molar-refractivity contribution in [2.24, 2.45) is 5.92 Å². The third kappa shape index (κ3) is 1.71. The Balaban J connectivity index is 1.89. The van der Waals surface area contributed by atoms with Crippen molar-refractivity contribution in [3.05, 3.63) is 11.6 Å². The van der Waals surface area contributed by atoms with E-state index in [1.54, 1.807) is 17.5 Å². The minimum absolute atomic E-state index is 0.362. The largest absolute Gasteiger partial charge is 0.467 e. The van der Waals surface area contributed by atoms with E-state index in [0.29, 0.717) is 6.10 Å². The second kappa shape index (κ2) is 2.81. The van der Waals surface area contributed by atoms with Crippen LogP contribution in [-0.2, 0) is 0 Å². The molecule has 1 aromatic heterocycles. The zero-order valence-corrected chi connectivity index (χ0v) is 7.30.